The third-order valence-electron chi connectivity index (χ3n) is 4.98. The molecule has 0 bridgehead atoms. The van der Waals surface area contributed by atoms with Gasteiger partial charge < -0.3 is 4.90 Å². The number of carbonyl (C=O) groups excluding carboxylic acids is 1. The molecule has 0 spiro atoms. The van der Waals surface area contributed by atoms with Crippen molar-refractivity contribution in [2.24, 2.45) is 0 Å². The molecule has 0 unspecified atom stereocenters. The minimum Gasteiger partial charge on any atom is -0.336 e. The van der Waals surface area contributed by atoms with Gasteiger partial charge in [-0.15, -0.1) is 0 Å². The first-order valence-corrected chi connectivity index (χ1v) is 11.0. The molecule has 1 aliphatic heterocycles. The highest BCUT2D eigenvalue weighted by molar-refractivity contribution is 7.88. The Morgan fingerprint density at radius 2 is 1.83 bits per heavy atom. The molecule has 1 aliphatic rings. The fourth-order valence-electron chi connectivity index (χ4n) is 3.50. The minimum absolute atomic E-state index is 0.221. The van der Waals surface area contributed by atoms with Crippen LogP contribution in [0, 0.1) is 12.7 Å². The van der Waals surface area contributed by atoms with Gasteiger partial charge in [0.25, 0.3) is 5.91 Å². The lowest BCUT2D eigenvalue weighted by molar-refractivity contribution is 0.0700. The quantitative estimate of drug-likeness (QED) is 0.646. The zero-order valence-corrected chi connectivity index (χ0v) is 16.9. The van der Waals surface area contributed by atoms with Crippen LogP contribution >= 0.6 is 0 Å². The van der Waals surface area contributed by atoms with Crippen molar-refractivity contribution in [3.63, 3.8) is 0 Å². The highest BCUT2D eigenvalue weighted by Gasteiger charge is 2.28. The summed E-state index contributed by atoms with van der Waals surface area (Å²) in [6.45, 7) is 2.88. The summed E-state index contributed by atoms with van der Waals surface area (Å²) >= 11 is 0. The molecule has 1 aromatic carbocycles. The molecule has 0 N–H and O–H groups in total. The van der Waals surface area contributed by atoms with Crippen LogP contribution in [0.15, 0.2) is 36.5 Å². The Morgan fingerprint density at radius 3 is 2.48 bits per heavy atom. The van der Waals surface area contributed by atoms with Crippen LogP contribution in [0.4, 0.5) is 4.39 Å². The first-order chi connectivity index (χ1) is 13.8. The monoisotopic (exact) mass is 417 g/mol. The fourth-order valence-corrected chi connectivity index (χ4v) is 4.32. The molecule has 1 amide bonds. The molecule has 3 heterocycles. The molecule has 0 atom stereocenters. The number of para-hydroxylation sites is 1. The van der Waals surface area contributed by atoms with Gasteiger partial charge in [-0.2, -0.15) is 9.40 Å². The highest BCUT2D eigenvalue weighted by Crippen LogP contribution is 2.24. The number of aromatic nitrogens is 3. The Balaban J connectivity index is 1.70. The summed E-state index contributed by atoms with van der Waals surface area (Å²) in [5.41, 5.74) is 1.67. The lowest BCUT2D eigenvalue weighted by Crippen LogP contribution is -2.50. The third kappa shape index (κ3) is 3.60. The zero-order chi connectivity index (χ0) is 20.8. The van der Waals surface area contributed by atoms with Gasteiger partial charge in [0.2, 0.25) is 10.0 Å². The van der Waals surface area contributed by atoms with Gasteiger partial charge in [0, 0.05) is 31.9 Å². The number of piperazine rings is 1. The number of benzene rings is 1. The van der Waals surface area contributed by atoms with Gasteiger partial charge in [0.05, 0.1) is 23.4 Å². The Morgan fingerprint density at radius 1 is 1.14 bits per heavy atom. The van der Waals surface area contributed by atoms with E-state index in [4.69, 9.17) is 0 Å². The first-order valence-electron chi connectivity index (χ1n) is 9.10. The number of halogens is 1. The fraction of sp³-hybridized carbons (Fsp3) is 0.316. The van der Waals surface area contributed by atoms with E-state index in [0.29, 0.717) is 35.4 Å². The second kappa shape index (κ2) is 7.20. The second-order valence-electron chi connectivity index (χ2n) is 7.01. The van der Waals surface area contributed by atoms with Gasteiger partial charge in [-0.1, -0.05) is 12.1 Å². The Kier molecular flexibility index (Phi) is 4.83. The summed E-state index contributed by atoms with van der Waals surface area (Å²) in [7, 11) is -3.28. The van der Waals surface area contributed by atoms with Gasteiger partial charge in [0.15, 0.2) is 5.65 Å². The van der Waals surface area contributed by atoms with Gasteiger partial charge in [-0.25, -0.2) is 22.5 Å². The van der Waals surface area contributed by atoms with Crippen molar-refractivity contribution in [2.45, 2.75) is 6.92 Å². The predicted molar refractivity (Wildman–Crippen MR) is 106 cm³/mol. The average molecular weight is 417 g/mol. The SMILES string of the molecule is Cc1cc(C(=O)N2CCN(S(C)(=O)=O)CC2)c2cnn(-c3ccccc3F)c2n1. The smallest absolute Gasteiger partial charge is 0.254 e. The van der Waals surface area contributed by atoms with Crippen LogP contribution in [0.3, 0.4) is 0 Å². The predicted octanol–water partition coefficient (Wildman–Crippen LogP) is 1.59. The van der Waals surface area contributed by atoms with E-state index in [-0.39, 0.29) is 24.7 Å². The molecule has 2 aromatic heterocycles. The molecule has 4 rings (SSSR count). The Labute approximate surface area is 167 Å². The van der Waals surface area contributed by atoms with Crippen LogP contribution in [0.2, 0.25) is 0 Å². The molecule has 3 aromatic rings. The number of carbonyl (C=O) groups is 1. The van der Waals surface area contributed by atoms with E-state index >= 15 is 0 Å². The lowest BCUT2D eigenvalue weighted by atomic mass is 10.1. The van der Waals surface area contributed by atoms with Crippen molar-refractivity contribution in [2.75, 3.05) is 32.4 Å². The van der Waals surface area contributed by atoms with Crippen molar-refractivity contribution in [3.05, 3.63) is 53.6 Å². The van der Waals surface area contributed by atoms with Crippen molar-refractivity contribution in [1.82, 2.24) is 24.0 Å². The lowest BCUT2D eigenvalue weighted by Gasteiger charge is -2.33. The molecule has 29 heavy (non-hydrogen) atoms. The van der Waals surface area contributed by atoms with E-state index in [0.717, 1.165) is 6.26 Å². The number of rotatable bonds is 3. The standard InChI is InChI=1S/C19H20FN5O3S/c1-13-11-14(19(26)23-7-9-24(10-8-23)29(2,27)28)15-12-21-25(18(15)22-13)17-6-4-3-5-16(17)20/h3-6,11-12H,7-10H2,1-2H3. The number of aryl methyl sites for hydroxylation is 1. The molecule has 0 radical (unpaired) electrons. The largest absolute Gasteiger partial charge is 0.336 e. The Bertz CT molecular complexity index is 1200. The molecule has 152 valence electrons. The van der Waals surface area contributed by atoms with Crippen molar-refractivity contribution in [3.8, 4) is 5.69 Å². The van der Waals surface area contributed by atoms with E-state index in [1.54, 1.807) is 36.1 Å². The summed E-state index contributed by atoms with van der Waals surface area (Å²) in [6.07, 6.45) is 2.67. The third-order valence-corrected chi connectivity index (χ3v) is 6.28. The number of hydrogen-bond donors (Lipinski definition) is 0. The summed E-state index contributed by atoms with van der Waals surface area (Å²) in [4.78, 5) is 19.2. The molecule has 10 heteroatoms. The Hall–Kier alpha value is -2.85. The van der Waals surface area contributed by atoms with E-state index in [1.165, 1.54) is 21.3 Å². The van der Waals surface area contributed by atoms with Gasteiger partial charge in [-0.05, 0) is 25.1 Å². The summed E-state index contributed by atoms with van der Waals surface area (Å²) in [5, 5.41) is 4.78. The molecule has 0 aliphatic carbocycles. The van der Waals surface area contributed by atoms with Crippen LogP contribution in [0.1, 0.15) is 16.1 Å². The molecular weight excluding hydrogens is 397 g/mol. The number of hydrogen-bond acceptors (Lipinski definition) is 5. The molecule has 1 saturated heterocycles. The van der Waals surface area contributed by atoms with E-state index in [2.05, 4.69) is 10.1 Å². The maximum absolute atomic E-state index is 14.2. The van der Waals surface area contributed by atoms with Crippen LogP contribution in [-0.2, 0) is 10.0 Å². The van der Waals surface area contributed by atoms with E-state index in [9.17, 15) is 17.6 Å². The number of nitrogens with zero attached hydrogens (tertiary/aromatic N) is 5. The van der Waals surface area contributed by atoms with Crippen LogP contribution in [0.5, 0.6) is 0 Å². The molecule has 0 saturated carbocycles. The molecular formula is C19H20FN5O3S. The topological polar surface area (TPSA) is 88.4 Å². The first kappa shape index (κ1) is 19.5. The number of fused-ring (bicyclic) bond motifs is 1. The van der Waals surface area contributed by atoms with Crippen LogP contribution in [0.25, 0.3) is 16.7 Å². The average Bonchev–Trinajstić information content (AvgIpc) is 3.10. The van der Waals surface area contributed by atoms with Crippen LogP contribution < -0.4 is 0 Å². The van der Waals surface area contributed by atoms with Crippen LogP contribution in [-0.4, -0.2) is 70.7 Å². The number of pyridine rings is 1. The van der Waals surface area contributed by atoms with Gasteiger partial charge in [0.1, 0.15) is 11.5 Å². The van der Waals surface area contributed by atoms with Crippen molar-refractivity contribution in [1.29, 1.82) is 0 Å². The normalized spacial score (nSPS) is 15.8. The second-order valence-corrected chi connectivity index (χ2v) is 8.99. The van der Waals surface area contributed by atoms with E-state index < -0.39 is 15.8 Å². The maximum atomic E-state index is 14.2. The van der Waals surface area contributed by atoms with Crippen molar-refractivity contribution >= 4 is 27.0 Å². The van der Waals surface area contributed by atoms with E-state index in [1.807, 2.05) is 0 Å². The molecule has 8 nitrogen and oxygen atoms in total. The summed E-state index contributed by atoms with van der Waals surface area (Å²) in [5.74, 6) is -0.660. The summed E-state index contributed by atoms with van der Waals surface area (Å²) in [6, 6.07) is 7.91. The maximum Gasteiger partial charge on any atom is 0.254 e. The number of amides is 1. The molecule has 1 fully saturated rings. The number of sulfonamides is 1. The van der Waals surface area contributed by atoms with Gasteiger partial charge in [-0.3, -0.25) is 4.79 Å². The highest BCUT2D eigenvalue weighted by atomic mass is 32.2. The van der Waals surface area contributed by atoms with Gasteiger partial charge >= 0.3 is 0 Å². The minimum atomic E-state index is -3.28. The van der Waals surface area contributed by atoms with Crippen molar-refractivity contribution < 1.29 is 17.6 Å². The summed E-state index contributed by atoms with van der Waals surface area (Å²) < 4.78 is 40.4. The zero-order valence-electron chi connectivity index (χ0n) is 16.0.